The Balaban J connectivity index is 0.00000180. The highest BCUT2D eigenvalue weighted by Crippen LogP contribution is 2.17. The molecule has 20 heavy (non-hydrogen) atoms. The Morgan fingerprint density at radius 2 is 2.20 bits per heavy atom. The van der Waals surface area contributed by atoms with Gasteiger partial charge in [-0.3, -0.25) is 0 Å². The first-order valence-corrected chi connectivity index (χ1v) is 6.57. The summed E-state index contributed by atoms with van der Waals surface area (Å²) in [4.78, 5) is 8.75. The van der Waals surface area contributed by atoms with Gasteiger partial charge in [-0.25, -0.2) is 9.97 Å². The molecule has 0 saturated carbocycles. The zero-order valence-corrected chi connectivity index (χ0v) is 13.8. The van der Waals surface area contributed by atoms with Gasteiger partial charge in [0.1, 0.15) is 11.6 Å². The molecule has 0 aliphatic carbocycles. The quantitative estimate of drug-likeness (QED) is 0.887. The van der Waals surface area contributed by atoms with Crippen LogP contribution in [0.5, 0.6) is 0 Å². The first-order chi connectivity index (χ1) is 8.74. The van der Waals surface area contributed by atoms with Gasteiger partial charge in [-0.2, -0.15) is 0 Å². The second-order valence-electron chi connectivity index (χ2n) is 4.66. The molecule has 7 heteroatoms. The molecule has 1 aliphatic heterocycles. The average molecular weight is 323 g/mol. The smallest absolute Gasteiger partial charge is 0.133 e. The van der Waals surface area contributed by atoms with Crippen LogP contribution in [-0.2, 0) is 11.2 Å². The summed E-state index contributed by atoms with van der Waals surface area (Å²) in [5.41, 5.74) is 1.15. The normalized spacial score (nSPS) is 21.6. The predicted octanol–water partition coefficient (Wildman–Crippen LogP) is 1.98. The molecule has 1 fully saturated rings. The molecular formula is C13H24Cl2N4O. The van der Waals surface area contributed by atoms with Gasteiger partial charge in [0.05, 0.1) is 12.1 Å². The number of aromatic nitrogens is 2. The molecule has 1 aromatic rings. The number of halogens is 2. The van der Waals surface area contributed by atoms with Gasteiger partial charge in [-0.1, -0.05) is 6.92 Å². The second-order valence-corrected chi connectivity index (χ2v) is 4.66. The van der Waals surface area contributed by atoms with Crippen LogP contribution in [0.3, 0.4) is 0 Å². The Morgan fingerprint density at radius 3 is 2.85 bits per heavy atom. The Bertz CT molecular complexity index is 406. The van der Waals surface area contributed by atoms with Gasteiger partial charge < -0.3 is 15.4 Å². The Labute approximate surface area is 133 Å². The lowest BCUT2D eigenvalue weighted by molar-refractivity contribution is 0.0663. The van der Waals surface area contributed by atoms with E-state index < -0.39 is 0 Å². The molecule has 0 bridgehead atoms. The number of hydrogen-bond acceptors (Lipinski definition) is 5. The molecule has 2 atom stereocenters. The van der Waals surface area contributed by atoms with Crippen molar-refractivity contribution >= 4 is 30.6 Å². The highest BCUT2D eigenvalue weighted by atomic mass is 35.5. The standard InChI is InChI=1S/C13H22N4O.2ClH/c1-4-10-7-15-9(2)16-13(10)17-11-8-14-6-5-12(11)18-3;;/h7,11-12,14H,4-6,8H2,1-3H3,(H,15,16,17);2*1H/t11-,12+;;/m0../s1. The van der Waals surface area contributed by atoms with Gasteiger partial charge in [0.15, 0.2) is 0 Å². The third-order valence-corrected chi connectivity index (χ3v) is 3.41. The summed E-state index contributed by atoms with van der Waals surface area (Å²) in [6.45, 7) is 5.95. The van der Waals surface area contributed by atoms with Crippen LogP contribution in [0.1, 0.15) is 24.7 Å². The molecule has 2 rings (SSSR count). The molecule has 0 spiro atoms. The molecule has 0 aromatic carbocycles. The van der Waals surface area contributed by atoms with Crippen LogP contribution in [0.25, 0.3) is 0 Å². The Kier molecular flexibility index (Phi) is 9.05. The monoisotopic (exact) mass is 322 g/mol. The summed E-state index contributed by atoms with van der Waals surface area (Å²) in [7, 11) is 1.77. The van der Waals surface area contributed by atoms with E-state index in [9.17, 15) is 0 Å². The van der Waals surface area contributed by atoms with Crippen LogP contribution in [0.15, 0.2) is 6.20 Å². The topological polar surface area (TPSA) is 59.1 Å². The molecule has 1 saturated heterocycles. The molecule has 1 aliphatic rings. The molecular weight excluding hydrogens is 299 g/mol. The van der Waals surface area contributed by atoms with Crippen molar-refractivity contribution in [2.24, 2.45) is 0 Å². The van der Waals surface area contributed by atoms with E-state index in [0.29, 0.717) is 0 Å². The fourth-order valence-electron chi connectivity index (χ4n) is 2.31. The van der Waals surface area contributed by atoms with Gasteiger partial charge >= 0.3 is 0 Å². The maximum absolute atomic E-state index is 5.53. The van der Waals surface area contributed by atoms with Gasteiger partial charge in [-0.05, 0) is 26.3 Å². The molecule has 0 amide bonds. The number of nitrogens with zero attached hydrogens (tertiary/aromatic N) is 2. The number of methoxy groups -OCH3 is 1. The number of piperidine rings is 1. The Hall–Kier alpha value is -0.620. The van der Waals surface area contributed by atoms with E-state index in [-0.39, 0.29) is 37.0 Å². The van der Waals surface area contributed by atoms with Crippen molar-refractivity contribution in [2.75, 3.05) is 25.5 Å². The molecule has 2 N–H and O–H groups in total. The first kappa shape index (κ1) is 19.4. The minimum absolute atomic E-state index is 0. The van der Waals surface area contributed by atoms with E-state index in [0.717, 1.165) is 43.1 Å². The zero-order chi connectivity index (χ0) is 13.0. The number of aryl methyl sites for hydroxylation is 2. The van der Waals surface area contributed by atoms with E-state index in [4.69, 9.17) is 4.74 Å². The second kappa shape index (κ2) is 9.34. The number of anilines is 1. The van der Waals surface area contributed by atoms with Crippen LogP contribution in [0.4, 0.5) is 5.82 Å². The van der Waals surface area contributed by atoms with Crippen LogP contribution < -0.4 is 10.6 Å². The molecule has 0 unspecified atom stereocenters. The van der Waals surface area contributed by atoms with Gasteiger partial charge in [0, 0.05) is 25.4 Å². The predicted molar refractivity (Wildman–Crippen MR) is 86.3 cm³/mol. The largest absolute Gasteiger partial charge is 0.379 e. The minimum Gasteiger partial charge on any atom is -0.379 e. The lowest BCUT2D eigenvalue weighted by Gasteiger charge is -2.32. The van der Waals surface area contributed by atoms with E-state index >= 15 is 0 Å². The fourth-order valence-corrected chi connectivity index (χ4v) is 2.31. The van der Waals surface area contributed by atoms with Gasteiger partial charge in [0.25, 0.3) is 0 Å². The van der Waals surface area contributed by atoms with Crippen LogP contribution >= 0.6 is 24.8 Å². The van der Waals surface area contributed by atoms with Crippen molar-refractivity contribution in [3.63, 3.8) is 0 Å². The summed E-state index contributed by atoms with van der Waals surface area (Å²) in [5.74, 6) is 1.74. The van der Waals surface area contributed by atoms with Crippen molar-refractivity contribution in [1.82, 2.24) is 15.3 Å². The summed E-state index contributed by atoms with van der Waals surface area (Å²) < 4.78 is 5.53. The van der Waals surface area contributed by atoms with Crippen molar-refractivity contribution in [2.45, 2.75) is 38.8 Å². The molecule has 5 nitrogen and oxygen atoms in total. The number of nitrogens with one attached hydrogen (secondary N) is 2. The van der Waals surface area contributed by atoms with E-state index in [1.807, 2.05) is 13.1 Å². The minimum atomic E-state index is 0. The highest BCUT2D eigenvalue weighted by molar-refractivity contribution is 5.85. The maximum Gasteiger partial charge on any atom is 0.133 e. The SMILES string of the molecule is CCc1cnc(C)nc1N[C@H]1CNCC[C@H]1OC.Cl.Cl. The highest BCUT2D eigenvalue weighted by Gasteiger charge is 2.25. The third-order valence-electron chi connectivity index (χ3n) is 3.41. The van der Waals surface area contributed by atoms with E-state index in [2.05, 4.69) is 27.5 Å². The van der Waals surface area contributed by atoms with Crippen molar-refractivity contribution in [3.05, 3.63) is 17.6 Å². The van der Waals surface area contributed by atoms with Crippen LogP contribution in [-0.4, -0.2) is 42.3 Å². The molecule has 1 aromatic heterocycles. The number of ether oxygens (including phenoxy) is 1. The molecule has 2 heterocycles. The van der Waals surface area contributed by atoms with Crippen molar-refractivity contribution in [1.29, 1.82) is 0 Å². The van der Waals surface area contributed by atoms with Crippen molar-refractivity contribution in [3.8, 4) is 0 Å². The summed E-state index contributed by atoms with van der Waals surface area (Å²) in [5, 5.41) is 6.89. The fraction of sp³-hybridized carbons (Fsp3) is 0.692. The molecule has 0 radical (unpaired) electrons. The lowest BCUT2D eigenvalue weighted by Crippen LogP contribution is -2.49. The van der Waals surface area contributed by atoms with Crippen LogP contribution in [0, 0.1) is 6.92 Å². The zero-order valence-electron chi connectivity index (χ0n) is 12.2. The van der Waals surface area contributed by atoms with E-state index in [1.54, 1.807) is 7.11 Å². The third kappa shape index (κ3) is 4.74. The average Bonchev–Trinajstić information content (AvgIpc) is 2.40. The number of rotatable bonds is 4. The number of hydrogen-bond donors (Lipinski definition) is 2. The van der Waals surface area contributed by atoms with Gasteiger partial charge in [-0.15, -0.1) is 24.8 Å². The van der Waals surface area contributed by atoms with Crippen molar-refractivity contribution < 1.29 is 4.74 Å². The summed E-state index contributed by atoms with van der Waals surface area (Å²) in [6, 6.07) is 0.267. The summed E-state index contributed by atoms with van der Waals surface area (Å²) in [6.07, 6.45) is 4.11. The molecule has 116 valence electrons. The lowest BCUT2D eigenvalue weighted by atomic mass is 10.0. The summed E-state index contributed by atoms with van der Waals surface area (Å²) >= 11 is 0. The van der Waals surface area contributed by atoms with Crippen LogP contribution in [0.2, 0.25) is 0 Å². The Morgan fingerprint density at radius 1 is 1.45 bits per heavy atom. The van der Waals surface area contributed by atoms with E-state index in [1.165, 1.54) is 0 Å². The first-order valence-electron chi connectivity index (χ1n) is 6.57. The van der Waals surface area contributed by atoms with Gasteiger partial charge in [0.2, 0.25) is 0 Å². The maximum atomic E-state index is 5.53.